The molecule has 2 unspecified atom stereocenters. The van der Waals surface area contributed by atoms with Crippen LogP contribution in [0.2, 0.25) is 0 Å². The summed E-state index contributed by atoms with van der Waals surface area (Å²) in [4.78, 5) is 0. The van der Waals surface area contributed by atoms with Gasteiger partial charge >= 0.3 is 0 Å². The molecule has 0 heterocycles. The molecule has 0 aliphatic heterocycles. The minimum absolute atomic E-state index is 0.444. The molecular weight excluding hydrogens is 532 g/mol. The molecule has 2 atom stereocenters. The summed E-state index contributed by atoms with van der Waals surface area (Å²) in [5.41, 5.74) is 7.16. The van der Waals surface area contributed by atoms with E-state index in [1.165, 1.54) is 33.4 Å². The SMILES string of the molecule is CCC(C)COc1ccc(C2(c3ccc(OCC(C)CC)cc3)c3ccccc3-c3ccc(Br)cc32)cc1. The Morgan fingerprint density at radius 3 is 1.66 bits per heavy atom. The van der Waals surface area contributed by atoms with Gasteiger partial charge in [0.05, 0.1) is 18.6 Å². The van der Waals surface area contributed by atoms with Crippen LogP contribution in [0.4, 0.5) is 0 Å². The first kappa shape index (κ1) is 26.6. The first-order valence-electron chi connectivity index (χ1n) is 13.8. The van der Waals surface area contributed by atoms with E-state index in [-0.39, 0.29) is 0 Å². The van der Waals surface area contributed by atoms with Crippen molar-refractivity contribution in [3.05, 3.63) is 118 Å². The molecule has 1 aliphatic carbocycles. The fourth-order valence-corrected chi connectivity index (χ4v) is 5.72. The molecule has 2 nitrogen and oxygen atoms in total. The van der Waals surface area contributed by atoms with Gasteiger partial charge in [0.1, 0.15) is 11.5 Å². The molecule has 0 saturated heterocycles. The van der Waals surface area contributed by atoms with E-state index in [0.29, 0.717) is 11.8 Å². The number of halogens is 1. The number of fused-ring (bicyclic) bond motifs is 3. The molecule has 5 rings (SSSR count). The summed E-state index contributed by atoms with van der Waals surface area (Å²) < 4.78 is 13.3. The maximum atomic E-state index is 6.12. The third kappa shape index (κ3) is 4.89. The van der Waals surface area contributed by atoms with Crippen LogP contribution in [0.5, 0.6) is 11.5 Å². The standard InChI is InChI=1S/C35H37BrO2/c1-5-24(3)22-37-29-16-11-26(12-17-29)35(27-13-18-30(19-14-27)38-23-25(4)6-2)33-10-8-7-9-31(33)32-20-15-28(36)21-34(32)35/h7-21,24-25H,5-6,22-23H2,1-4H3. The molecule has 4 aromatic rings. The first-order chi connectivity index (χ1) is 18.5. The predicted octanol–water partition coefficient (Wildman–Crippen LogP) is 9.66. The maximum Gasteiger partial charge on any atom is 0.119 e. The molecule has 4 aromatic carbocycles. The van der Waals surface area contributed by atoms with Gasteiger partial charge < -0.3 is 9.47 Å². The highest BCUT2D eigenvalue weighted by molar-refractivity contribution is 9.10. The topological polar surface area (TPSA) is 18.5 Å². The molecule has 0 saturated carbocycles. The first-order valence-corrected chi connectivity index (χ1v) is 14.6. The number of rotatable bonds is 10. The van der Waals surface area contributed by atoms with Gasteiger partial charge in [-0.3, -0.25) is 0 Å². The average Bonchev–Trinajstić information content (AvgIpc) is 3.25. The van der Waals surface area contributed by atoms with Crippen LogP contribution in [0.15, 0.2) is 95.5 Å². The zero-order chi connectivity index (χ0) is 26.7. The highest BCUT2D eigenvalue weighted by Crippen LogP contribution is 2.56. The summed E-state index contributed by atoms with van der Waals surface area (Å²) in [5.74, 6) is 2.90. The maximum absolute atomic E-state index is 6.12. The summed E-state index contributed by atoms with van der Waals surface area (Å²) in [5, 5.41) is 0. The number of hydrogen-bond donors (Lipinski definition) is 0. The predicted molar refractivity (Wildman–Crippen MR) is 161 cm³/mol. The van der Waals surface area contributed by atoms with Gasteiger partial charge in [0.2, 0.25) is 0 Å². The molecule has 0 bridgehead atoms. The molecule has 3 heteroatoms. The zero-order valence-corrected chi connectivity index (χ0v) is 24.4. The third-order valence-electron chi connectivity index (χ3n) is 8.04. The molecule has 0 N–H and O–H groups in total. The quantitative estimate of drug-likeness (QED) is 0.167. The fourth-order valence-electron chi connectivity index (χ4n) is 5.36. The molecular formula is C35H37BrO2. The van der Waals surface area contributed by atoms with Crippen molar-refractivity contribution in [2.45, 2.75) is 46.0 Å². The molecule has 0 radical (unpaired) electrons. The van der Waals surface area contributed by atoms with Crippen LogP contribution >= 0.6 is 15.9 Å². The molecule has 0 fully saturated rings. The second-order valence-electron chi connectivity index (χ2n) is 10.7. The van der Waals surface area contributed by atoms with Crippen molar-refractivity contribution in [1.29, 1.82) is 0 Å². The van der Waals surface area contributed by atoms with Gasteiger partial charge in [-0.1, -0.05) is 111 Å². The van der Waals surface area contributed by atoms with Crippen molar-refractivity contribution >= 4 is 15.9 Å². The van der Waals surface area contributed by atoms with Gasteiger partial charge in [0, 0.05) is 4.47 Å². The van der Waals surface area contributed by atoms with Crippen molar-refractivity contribution in [2.75, 3.05) is 13.2 Å². The van der Waals surface area contributed by atoms with Crippen LogP contribution in [-0.4, -0.2) is 13.2 Å². The summed E-state index contributed by atoms with van der Waals surface area (Å²) in [6.07, 6.45) is 2.22. The number of benzene rings is 4. The summed E-state index contributed by atoms with van der Waals surface area (Å²) in [6, 6.07) is 33.0. The Hall–Kier alpha value is -3.04. The van der Waals surface area contributed by atoms with E-state index in [2.05, 4.69) is 135 Å². The van der Waals surface area contributed by atoms with Crippen LogP contribution in [0.3, 0.4) is 0 Å². The van der Waals surface area contributed by atoms with Crippen molar-refractivity contribution in [2.24, 2.45) is 11.8 Å². The molecule has 38 heavy (non-hydrogen) atoms. The molecule has 0 aromatic heterocycles. The number of ether oxygens (including phenoxy) is 2. The zero-order valence-electron chi connectivity index (χ0n) is 22.8. The Balaban J connectivity index is 1.64. The average molecular weight is 570 g/mol. The van der Waals surface area contributed by atoms with E-state index in [0.717, 1.165) is 42.0 Å². The lowest BCUT2D eigenvalue weighted by Gasteiger charge is -2.34. The van der Waals surface area contributed by atoms with Gasteiger partial charge in [-0.2, -0.15) is 0 Å². The highest BCUT2D eigenvalue weighted by Gasteiger charge is 2.46. The second-order valence-corrected chi connectivity index (χ2v) is 11.6. The lowest BCUT2D eigenvalue weighted by molar-refractivity contribution is 0.256. The monoisotopic (exact) mass is 568 g/mol. The van der Waals surface area contributed by atoms with Crippen LogP contribution in [0, 0.1) is 11.8 Å². The Morgan fingerprint density at radius 2 is 1.13 bits per heavy atom. The normalized spacial score (nSPS) is 17.4. The van der Waals surface area contributed by atoms with Gasteiger partial charge in [0.25, 0.3) is 0 Å². The summed E-state index contributed by atoms with van der Waals surface area (Å²) >= 11 is 3.77. The van der Waals surface area contributed by atoms with Crippen molar-refractivity contribution in [3.63, 3.8) is 0 Å². The van der Waals surface area contributed by atoms with Crippen LogP contribution < -0.4 is 9.47 Å². The van der Waals surface area contributed by atoms with Crippen LogP contribution in [-0.2, 0) is 5.41 Å². The Labute approximate surface area is 236 Å². The Morgan fingerprint density at radius 1 is 0.632 bits per heavy atom. The largest absolute Gasteiger partial charge is 0.493 e. The van der Waals surface area contributed by atoms with E-state index >= 15 is 0 Å². The van der Waals surface area contributed by atoms with Crippen molar-refractivity contribution in [3.8, 4) is 22.6 Å². The van der Waals surface area contributed by atoms with E-state index in [9.17, 15) is 0 Å². The smallest absolute Gasteiger partial charge is 0.119 e. The van der Waals surface area contributed by atoms with Gasteiger partial charge in [-0.05, 0) is 81.6 Å². The molecule has 0 amide bonds. The number of hydrogen-bond acceptors (Lipinski definition) is 2. The third-order valence-corrected chi connectivity index (χ3v) is 8.54. The highest BCUT2D eigenvalue weighted by atomic mass is 79.9. The fraction of sp³-hybridized carbons (Fsp3) is 0.314. The molecule has 1 aliphatic rings. The van der Waals surface area contributed by atoms with E-state index in [4.69, 9.17) is 9.47 Å². The molecule has 0 spiro atoms. The second kappa shape index (κ2) is 11.4. The van der Waals surface area contributed by atoms with E-state index in [1.54, 1.807) is 0 Å². The van der Waals surface area contributed by atoms with Gasteiger partial charge in [-0.15, -0.1) is 0 Å². The van der Waals surface area contributed by atoms with Crippen LogP contribution in [0.25, 0.3) is 11.1 Å². The van der Waals surface area contributed by atoms with Crippen molar-refractivity contribution in [1.82, 2.24) is 0 Å². The Kier molecular flexibility index (Phi) is 7.95. The summed E-state index contributed by atoms with van der Waals surface area (Å²) in [6.45, 7) is 10.3. The van der Waals surface area contributed by atoms with Crippen molar-refractivity contribution < 1.29 is 9.47 Å². The minimum atomic E-state index is -0.444. The summed E-state index contributed by atoms with van der Waals surface area (Å²) in [7, 11) is 0. The lowest BCUT2D eigenvalue weighted by Crippen LogP contribution is -2.28. The lowest BCUT2D eigenvalue weighted by atomic mass is 9.68. The minimum Gasteiger partial charge on any atom is -0.493 e. The van der Waals surface area contributed by atoms with Crippen LogP contribution in [0.1, 0.15) is 62.8 Å². The van der Waals surface area contributed by atoms with Gasteiger partial charge in [-0.25, -0.2) is 0 Å². The van der Waals surface area contributed by atoms with E-state index in [1.807, 2.05) is 0 Å². The molecule has 196 valence electrons. The Bertz CT molecular complexity index is 1320. The van der Waals surface area contributed by atoms with Gasteiger partial charge in [0.15, 0.2) is 0 Å². The van der Waals surface area contributed by atoms with E-state index < -0.39 is 5.41 Å².